The molecule has 94 valence electrons. The molecule has 0 rings (SSSR count). The minimum Gasteiger partial charge on any atom is -0.309 e. The van der Waals surface area contributed by atoms with Crippen molar-refractivity contribution in [3.8, 4) is 0 Å². The van der Waals surface area contributed by atoms with Gasteiger partial charge in [0.25, 0.3) is 0 Å². The van der Waals surface area contributed by atoms with Gasteiger partial charge in [0.2, 0.25) is 0 Å². The highest BCUT2D eigenvalue weighted by molar-refractivity contribution is 7.54. The van der Waals surface area contributed by atoms with Crippen LogP contribution in [0.1, 0.15) is 27.2 Å². The van der Waals surface area contributed by atoms with Gasteiger partial charge in [-0.2, -0.15) is 0 Å². The first-order valence-electron chi connectivity index (χ1n) is 5.56. The predicted molar refractivity (Wildman–Crippen MR) is 64.7 cm³/mol. The van der Waals surface area contributed by atoms with E-state index < -0.39 is 7.60 Å². The van der Waals surface area contributed by atoms with Crippen LogP contribution in [-0.4, -0.2) is 25.7 Å². The molecule has 0 saturated carbocycles. The van der Waals surface area contributed by atoms with Gasteiger partial charge in [-0.25, -0.2) is 0 Å². The van der Waals surface area contributed by atoms with Crippen LogP contribution in [0.15, 0.2) is 12.2 Å². The van der Waals surface area contributed by atoms with Crippen LogP contribution in [0.4, 0.5) is 0 Å². The van der Waals surface area contributed by atoms with Gasteiger partial charge in [-0.05, 0) is 20.3 Å². The lowest BCUT2D eigenvalue weighted by Crippen LogP contribution is -1.98. The first-order chi connectivity index (χ1) is 7.58. The second-order valence-electron chi connectivity index (χ2n) is 3.45. The van der Waals surface area contributed by atoms with Crippen molar-refractivity contribution in [1.82, 2.24) is 0 Å². The van der Waals surface area contributed by atoms with Crippen molar-refractivity contribution in [2.24, 2.45) is 5.92 Å². The molecule has 4 nitrogen and oxygen atoms in total. The highest BCUT2D eigenvalue weighted by atomic mass is 31.2. The van der Waals surface area contributed by atoms with Gasteiger partial charge in [0.15, 0.2) is 0 Å². The summed E-state index contributed by atoms with van der Waals surface area (Å²) in [6.45, 7) is 6.14. The van der Waals surface area contributed by atoms with Crippen LogP contribution < -0.4 is 0 Å². The molecule has 0 aliphatic heterocycles. The zero-order chi connectivity index (χ0) is 12.4. The lowest BCUT2D eigenvalue weighted by Gasteiger charge is -2.14. The number of carbonyl (C=O) groups is 1. The van der Waals surface area contributed by atoms with Crippen LogP contribution in [-0.2, 0) is 18.4 Å². The summed E-state index contributed by atoms with van der Waals surface area (Å²) in [5, 5.41) is 0. The molecular formula is C11H21O4P. The van der Waals surface area contributed by atoms with E-state index in [4.69, 9.17) is 9.05 Å². The third-order valence-corrected chi connectivity index (χ3v) is 3.85. The van der Waals surface area contributed by atoms with Crippen molar-refractivity contribution in [3.05, 3.63) is 12.2 Å². The van der Waals surface area contributed by atoms with Crippen LogP contribution >= 0.6 is 7.60 Å². The zero-order valence-electron chi connectivity index (χ0n) is 10.2. The smallest absolute Gasteiger partial charge is 0.309 e. The SMILES string of the molecule is CCOP(=O)(C/C=C/CC(C)C=O)OCC. The van der Waals surface area contributed by atoms with Crippen molar-refractivity contribution in [3.63, 3.8) is 0 Å². The van der Waals surface area contributed by atoms with Gasteiger partial charge in [0.1, 0.15) is 6.29 Å². The fourth-order valence-corrected chi connectivity index (χ4v) is 2.59. The van der Waals surface area contributed by atoms with Crippen molar-refractivity contribution < 1.29 is 18.4 Å². The summed E-state index contributed by atoms with van der Waals surface area (Å²) >= 11 is 0. The molecule has 0 aliphatic rings. The molecular weight excluding hydrogens is 227 g/mol. The Balaban J connectivity index is 4.10. The minimum absolute atomic E-state index is 0.00479. The Morgan fingerprint density at radius 1 is 1.19 bits per heavy atom. The molecule has 0 aromatic heterocycles. The molecule has 0 spiro atoms. The third-order valence-electron chi connectivity index (χ3n) is 1.89. The Hall–Kier alpha value is -0.440. The zero-order valence-corrected chi connectivity index (χ0v) is 11.1. The summed E-state index contributed by atoms with van der Waals surface area (Å²) in [7, 11) is -2.96. The van der Waals surface area contributed by atoms with Gasteiger partial charge in [-0.1, -0.05) is 19.1 Å². The van der Waals surface area contributed by atoms with Gasteiger partial charge < -0.3 is 13.8 Å². The van der Waals surface area contributed by atoms with Crippen LogP contribution in [0.2, 0.25) is 0 Å². The molecule has 16 heavy (non-hydrogen) atoms. The molecule has 1 atom stereocenters. The summed E-state index contributed by atoms with van der Waals surface area (Å²) in [5.41, 5.74) is 0. The van der Waals surface area contributed by atoms with E-state index in [1.165, 1.54) is 0 Å². The van der Waals surface area contributed by atoms with E-state index in [-0.39, 0.29) is 12.1 Å². The van der Waals surface area contributed by atoms with Crippen molar-refractivity contribution >= 4 is 13.9 Å². The van der Waals surface area contributed by atoms with E-state index in [9.17, 15) is 9.36 Å². The maximum atomic E-state index is 12.0. The highest BCUT2D eigenvalue weighted by Gasteiger charge is 2.20. The van der Waals surface area contributed by atoms with Crippen molar-refractivity contribution in [2.45, 2.75) is 27.2 Å². The molecule has 0 fully saturated rings. The Bertz CT molecular complexity index is 253. The van der Waals surface area contributed by atoms with E-state index in [1.807, 2.05) is 13.0 Å². The molecule has 0 aliphatic carbocycles. The Labute approximate surface area is 97.6 Å². The first-order valence-corrected chi connectivity index (χ1v) is 7.29. The van der Waals surface area contributed by atoms with Gasteiger partial charge in [0, 0.05) is 5.92 Å². The molecule has 0 aromatic carbocycles. The van der Waals surface area contributed by atoms with E-state index in [2.05, 4.69) is 0 Å². The predicted octanol–water partition coefficient (Wildman–Crippen LogP) is 3.03. The van der Waals surface area contributed by atoms with E-state index in [0.29, 0.717) is 19.6 Å². The number of hydrogen-bond donors (Lipinski definition) is 0. The van der Waals surface area contributed by atoms with Crippen LogP contribution in [0.25, 0.3) is 0 Å². The van der Waals surface area contributed by atoms with Crippen molar-refractivity contribution in [2.75, 3.05) is 19.4 Å². The first kappa shape index (κ1) is 15.6. The summed E-state index contributed by atoms with van der Waals surface area (Å²) < 4.78 is 22.2. The average molecular weight is 248 g/mol. The second-order valence-corrected chi connectivity index (χ2v) is 5.55. The molecule has 0 saturated heterocycles. The van der Waals surface area contributed by atoms with Crippen LogP contribution in [0, 0.1) is 5.92 Å². The molecule has 5 heteroatoms. The second kappa shape index (κ2) is 8.68. The number of rotatable bonds is 9. The molecule has 0 N–H and O–H groups in total. The minimum atomic E-state index is -2.96. The number of carbonyl (C=O) groups excluding carboxylic acids is 1. The normalized spacial score (nSPS) is 14.2. The Morgan fingerprint density at radius 3 is 2.19 bits per heavy atom. The quantitative estimate of drug-likeness (QED) is 0.357. The molecule has 0 radical (unpaired) electrons. The van der Waals surface area contributed by atoms with Gasteiger partial charge in [0.05, 0.1) is 19.4 Å². The maximum Gasteiger partial charge on any atom is 0.334 e. The van der Waals surface area contributed by atoms with Gasteiger partial charge in [-0.3, -0.25) is 4.57 Å². The number of allylic oxidation sites excluding steroid dienone is 2. The Morgan fingerprint density at radius 2 is 1.75 bits per heavy atom. The standard InChI is InChI=1S/C11H21O4P/c1-4-14-16(13,15-5-2)9-7-6-8-11(3)10-12/h6-7,10-11H,4-5,8-9H2,1-3H3/b7-6+. The molecule has 1 unspecified atom stereocenters. The molecule has 0 heterocycles. The average Bonchev–Trinajstić information content (AvgIpc) is 2.25. The summed E-state index contributed by atoms with van der Waals surface area (Å²) in [4.78, 5) is 10.4. The van der Waals surface area contributed by atoms with E-state index >= 15 is 0 Å². The Kier molecular flexibility index (Phi) is 8.44. The molecule has 0 bridgehead atoms. The van der Waals surface area contributed by atoms with E-state index in [1.54, 1.807) is 19.9 Å². The van der Waals surface area contributed by atoms with E-state index in [0.717, 1.165) is 6.29 Å². The lowest BCUT2D eigenvalue weighted by molar-refractivity contribution is -0.110. The van der Waals surface area contributed by atoms with Crippen molar-refractivity contribution in [1.29, 1.82) is 0 Å². The molecule has 0 amide bonds. The fraction of sp³-hybridized carbons (Fsp3) is 0.727. The van der Waals surface area contributed by atoms with Crippen LogP contribution in [0.5, 0.6) is 0 Å². The lowest BCUT2D eigenvalue weighted by atomic mass is 10.1. The molecule has 0 aromatic rings. The third kappa shape index (κ3) is 6.94. The number of aldehydes is 1. The summed E-state index contributed by atoms with van der Waals surface area (Å²) in [6, 6.07) is 0. The maximum absolute atomic E-state index is 12.0. The monoisotopic (exact) mass is 248 g/mol. The topological polar surface area (TPSA) is 52.6 Å². The highest BCUT2D eigenvalue weighted by Crippen LogP contribution is 2.47. The van der Waals surface area contributed by atoms with Gasteiger partial charge in [-0.15, -0.1) is 0 Å². The summed E-state index contributed by atoms with van der Waals surface area (Å²) in [6.07, 6.45) is 5.41. The number of hydrogen-bond acceptors (Lipinski definition) is 4. The largest absolute Gasteiger partial charge is 0.334 e. The van der Waals surface area contributed by atoms with Crippen LogP contribution in [0.3, 0.4) is 0 Å². The van der Waals surface area contributed by atoms with Gasteiger partial charge >= 0.3 is 7.60 Å². The summed E-state index contributed by atoms with van der Waals surface area (Å²) in [5.74, 6) is -0.00479. The fourth-order valence-electron chi connectivity index (χ4n) is 1.11.